The van der Waals surface area contributed by atoms with Crippen LogP contribution in [-0.2, 0) is 22.7 Å². The van der Waals surface area contributed by atoms with Gasteiger partial charge in [0.15, 0.2) is 0 Å². The second-order valence-corrected chi connectivity index (χ2v) is 7.73. The molecule has 0 aliphatic rings. The summed E-state index contributed by atoms with van der Waals surface area (Å²) in [6.45, 7) is -0.575. The number of ketones is 2. The lowest BCUT2D eigenvalue weighted by molar-refractivity contribution is -0.0888. The normalized spacial score (nSPS) is 11.5. The van der Waals surface area contributed by atoms with Crippen LogP contribution in [0.3, 0.4) is 0 Å². The van der Waals surface area contributed by atoms with E-state index in [9.17, 15) is 45.5 Å². The van der Waals surface area contributed by atoms with Crippen molar-refractivity contribution in [2.75, 3.05) is 0 Å². The van der Waals surface area contributed by atoms with Gasteiger partial charge in [0.1, 0.15) is 13.2 Å². The molecule has 0 aromatic heterocycles. The molecule has 0 heterocycles. The Labute approximate surface area is 210 Å². The number of hydrogen-bond acceptors (Lipinski definition) is 6. The molecule has 198 valence electrons. The minimum atomic E-state index is -5.05. The molecule has 0 fully saturated rings. The van der Waals surface area contributed by atoms with Gasteiger partial charge in [0.2, 0.25) is 0 Å². The van der Waals surface area contributed by atoms with E-state index in [4.69, 9.17) is 9.47 Å². The van der Waals surface area contributed by atoms with Crippen LogP contribution in [0, 0.1) is 0 Å². The first-order chi connectivity index (χ1) is 17.8. The van der Waals surface area contributed by atoms with Gasteiger partial charge >= 0.3 is 24.3 Å². The Balaban J connectivity index is 1.60. The van der Waals surface area contributed by atoms with E-state index in [1.165, 1.54) is 0 Å². The first-order valence-electron chi connectivity index (χ1n) is 10.6. The van der Waals surface area contributed by atoms with Crippen molar-refractivity contribution in [3.8, 4) is 0 Å². The maximum absolute atomic E-state index is 12.5. The van der Waals surface area contributed by atoms with E-state index in [-0.39, 0.29) is 24.3 Å². The van der Waals surface area contributed by atoms with Crippen molar-refractivity contribution in [1.82, 2.24) is 0 Å². The molecule has 0 unspecified atom stereocenters. The molecular weight excluding hydrogens is 522 g/mol. The Hall–Kier alpha value is -4.48. The van der Waals surface area contributed by atoms with Crippen LogP contribution >= 0.6 is 0 Å². The third kappa shape index (κ3) is 7.05. The smallest absolute Gasteiger partial charge is 0.454 e. The van der Waals surface area contributed by atoms with E-state index in [1.807, 2.05) is 0 Å². The van der Waals surface area contributed by atoms with Gasteiger partial charge < -0.3 is 9.47 Å². The van der Waals surface area contributed by atoms with Crippen molar-refractivity contribution in [3.05, 3.63) is 106 Å². The number of benzene rings is 3. The first kappa shape index (κ1) is 28.1. The summed E-state index contributed by atoms with van der Waals surface area (Å²) in [5.74, 6) is -5.86. The number of alkyl halides is 6. The number of halogens is 6. The summed E-state index contributed by atoms with van der Waals surface area (Å²) in [5, 5.41) is 0. The van der Waals surface area contributed by atoms with Crippen LogP contribution in [0.15, 0.2) is 72.8 Å². The molecule has 0 aliphatic heterocycles. The minimum absolute atomic E-state index is 0.0971. The summed E-state index contributed by atoms with van der Waals surface area (Å²) in [7, 11) is 0. The van der Waals surface area contributed by atoms with Gasteiger partial charge in [0, 0.05) is 11.1 Å². The number of hydrogen-bond donors (Lipinski definition) is 0. The van der Waals surface area contributed by atoms with E-state index < -0.39 is 47.0 Å². The Kier molecular flexibility index (Phi) is 8.34. The largest absolute Gasteiger partial charge is 0.457 e. The van der Waals surface area contributed by atoms with Gasteiger partial charge in [-0.2, -0.15) is 26.3 Å². The minimum Gasteiger partial charge on any atom is -0.457 e. The van der Waals surface area contributed by atoms with Crippen molar-refractivity contribution < 1.29 is 55.0 Å². The van der Waals surface area contributed by atoms with Gasteiger partial charge in [-0.05, 0) is 35.4 Å². The highest BCUT2D eigenvalue weighted by molar-refractivity contribution is 6.01. The summed E-state index contributed by atoms with van der Waals surface area (Å²) in [6.07, 6.45) is -10.1. The zero-order valence-corrected chi connectivity index (χ0v) is 19.1. The molecular formula is C26H16F6O6. The topological polar surface area (TPSA) is 86.7 Å². The molecule has 0 atom stereocenters. The van der Waals surface area contributed by atoms with Crippen LogP contribution < -0.4 is 0 Å². The molecule has 0 amide bonds. The predicted molar refractivity (Wildman–Crippen MR) is 118 cm³/mol. The van der Waals surface area contributed by atoms with Gasteiger partial charge in [-0.1, -0.05) is 48.5 Å². The fourth-order valence-corrected chi connectivity index (χ4v) is 3.14. The van der Waals surface area contributed by atoms with Gasteiger partial charge in [-0.15, -0.1) is 0 Å². The molecule has 6 nitrogen and oxygen atoms in total. The lowest BCUT2D eigenvalue weighted by Crippen LogP contribution is -2.22. The van der Waals surface area contributed by atoms with Gasteiger partial charge in [0.25, 0.3) is 11.6 Å². The fourth-order valence-electron chi connectivity index (χ4n) is 3.14. The average Bonchev–Trinajstić information content (AvgIpc) is 2.89. The predicted octanol–water partition coefficient (Wildman–Crippen LogP) is 5.89. The molecule has 0 spiro atoms. The van der Waals surface area contributed by atoms with Crippen molar-refractivity contribution in [2.24, 2.45) is 0 Å². The molecule has 0 saturated heterocycles. The van der Waals surface area contributed by atoms with Gasteiger partial charge in [-0.25, -0.2) is 9.59 Å². The standard InChI is InChI=1S/C26H16F6O6/c27-25(28,29)21(33)15-5-9-17(10-6-15)23(35)37-13-19-3-1-2-4-20(19)14-38-24(36)18-11-7-16(8-12-18)22(34)26(30,31)32/h1-12H,13-14H2. The second kappa shape index (κ2) is 11.3. The first-order valence-corrected chi connectivity index (χ1v) is 10.6. The van der Waals surface area contributed by atoms with E-state index in [0.29, 0.717) is 11.1 Å². The zero-order chi connectivity index (χ0) is 28.1. The molecule has 0 saturated carbocycles. The highest BCUT2D eigenvalue weighted by atomic mass is 19.4. The second-order valence-electron chi connectivity index (χ2n) is 7.73. The van der Waals surface area contributed by atoms with Crippen LogP contribution in [-0.4, -0.2) is 35.9 Å². The molecule has 3 aromatic rings. The van der Waals surface area contributed by atoms with Crippen molar-refractivity contribution in [1.29, 1.82) is 0 Å². The Bertz CT molecular complexity index is 1240. The third-order valence-corrected chi connectivity index (χ3v) is 5.12. The number of Topliss-reactive ketones (excluding diaryl/α,β-unsaturated/α-hetero) is 2. The van der Waals surface area contributed by atoms with Crippen LogP contribution in [0.25, 0.3) is 0 Å². The van der Waals surface area contributed by atoms with Gasteiger partial charge in [-0.3, -0.25) is 9.59 Å². The summed E-state index contributed by atoms with van der Waals surface area (Å²) < 4.78 is 85.4. The Morgan fingerprint density at radius 3 is 1.08 bits per heavy atom. The monoisotopic (exact) mass is 538 g/mol. The molecule has 3 rings (SSSR count). The van der Waals surface area contributed by atoms with Crippen molar-refractivity contribution in [2.45, 2.75) is 25.6 Å². The number of rotatable bonds is 8. The molecule has 0 N–H and O–H groups in total. The number of carbonyl (C=O) groups is 4. The van der Waals surface area contributed by atoms with E-state index in [0.717, 1.165) is 48.5 Å². The summed E-state index contributed by atoms with van der Waals surface area (Å²) in [4.78, 5) is 47.1. The summed E-state index contributed by atoms with van der Waals surface area (Å²) in [6, 6.07) is 13.8. The highest BCUT2D eigenvalue weighted by Crippen LogP contribution is 2.23. The summed E-state index contributed by atoms with van der Waals surface area (Å²) in [5.41, 5.74) is -0.599. The average molecular weight is 538 g/mol. The fraction of sp³-hybridized carbons (Fsp3) is 0.154. The molecule has 12 heteroatoms. The maximum atomic E-state index is 12.5. The quantitative estimate of drug-likeness (QED) is 0.202. The SMILES string of the molecule is O=C(OCc1ccccc1COC(=O)c1ccc(C(=O)C(F)(F)F)cc1)c1ccc(C(=O)C(F)(F)F)cc1. The van der Waals surface area contributed by atoms with E-state index >= 15 is 0 Å². The highest BCUT2D eigenvalue weighted by Gasteiger charge is 2.40. The maximum Gasteiger partial charge on any atom is 0.454 e. The molecule has 0 bridgehead atoms. The van der Waals surface area contributed by atoms with Crippen LogP contribution in [0.4, 0.5) is 26.3 Å². The van der Waals surface area contributed by atoms with Crippen LogP contribution in [0.5, 0.6) is 0 Å². The molecule has 38 heavy (non-hydrogen) atoms. The van der Waals surface area contributed by atoms with Gasteiger partial charge in [0.05, 0.1) is 11.1 Å². The number of carbonyl (C=O) groups excluding carboxylic acids is 4. The van der Waals surface area contributed by atoms with Crippen molar-refractivity contribution in [3.63, 3.8) is 0 Å². The lowest BCUT2D eigenvalue weighted by atomic mass is 10.1. The van der Waals surface area contributed by atoms with Crippen molar-refractivity contribution >= 4 is 23.5 Å². The number of esters is 2. The lowest BCUT2D eigenvalue weighted by Gasteiger charge is -2.12. The molecule has 3 aromatic carbocycles. The molecule has 0 aliphatic carbocycles. The Morgan fingerprint density at radius 2 is 0.789 bits per heavy atom. The third-order valence-electron chi connectivity index (χ3n) is 5.12. The van der Waals surface area contributed by atoms with Crippen LogP contribution in [0.2, 0.25) is 0 Å². The summed E-state index contributed by atoms with van der Waals surface area (Å²) >= 11 is 0. The van der Waals surface area contributed by atoms with E-state index in [1.54, 1.807) is 24.3 Å². The zero-order valence-electron chi connectivity index (χ0n) is 19.1. The van der Waals surface area contributed by atoms with E-state index in [2.05, 4.69) is 0 Å². The molecule has 0 radical (unpaired) electrons. The number of ether oxygens (including phenoxy) is 2. The van der Waals surface area contributed by atoms with Crippen LogP contribution in [0.1, 0.15) is 52.6 Å². The Morgan fingerprint density at radius 1 is 0.500 bits per heavy atom.